The third-order valence-corrected chi connectivity index (χ3v) is 3.54. The van der Waals surface area contributed by atoms with Crippen LogP contribution in [0.4, 0.5) is 4.39 Å². The molecule has 102 valence electrons. The molecule has 6 heteroatoms. The first-order valence-corrected chi connectivity index (χ1v) is 6.54. The summed E-state index contributed by atoms with van der Waals surface area (Å²) in [6.07, 6.45) is 2.79. The van der Waals surface area contributed by atoms with Crippen molar-refractivity contribution >= 4 is 0 Å². The first kappa shape index (κ1) is 12.6. The SMILES string of the molecule is N#Cc1ccc(F)cc1Cn1nc2n(c1=O)CCCC2. The molecule has 5 nitrogen and oxygen atoms in total. The number of nitriles is 1. The summed E-state index contributed by atoms with van der Waals surface area (Å²) in [5.41, 5.74) is 0.655. The Kier molecular flexibility index (Phi) is 3.11. The van der Waals surface area contributed by atoms with Gasteiger partial charge in [-0.3, -0.25) is 4.57 Å². The molecule has 2 heterocycles. The van der Waals surface area contributed by atoms with Crippen LogP contribution in [-0.4, -0.2) is 14.3 Å². The number of halogens is 1. The van der Waals surface area contributed by atoms with E-state index < -0.39 is 5.82 Å². The van der Waals surface area contributed by atoms with Crippen molar-refractivity contribution in [3.63, 3.8) is 0 Å². The summed E-state index contributed by atoms with van der Waals surface area (Å²) >= 11 is 0. The molecule has 1 aromatic carbocycles. The van der Waals surface area contributed by atoms with Crippen LogP contribution in [0.15, 0.2) is 23.0 Å². The Morgan fingerprint density at radius 3 is 3.00 bits per heavy atom. The molecule has 0 N–H and O–H groups in total. The van der Waals surface area contributed by atoms with E-state index in [0.29, 0.717) is 17.7 Å². The van der Waals surface area contributed by atoms with Gasteiger partial charge >= 0.3 is 5.69 Å². The smallest absolute Gasteiger partial charge is 0.279 e. The number of aromatic nitrogens is 3. The van der Waals surface area contributed by atoms with E-state index in [2.05, 4.69) is 5.10 Å². The Bertz CT molecular complexity index is 754. The molecule has 2 aromatic rings. The Labute approximate surface area is 114 Å². The van der Waals surface area contributed by atoms with Crippen molar-refractivity contribution < 1.29 is 4.39 Å². The van der Waals surface area contributed by atoms with Gasteiger partial charge in [-0.15, -0.1) is 0 Å². The lowest BCUT2D eigenvalue weighted by molar-refractivity contribution is 0.511. The molecule has 0 atom stereocenters. The maximum absolute atomic E-state index is 13.3. The minimum absolute atomic E-state index is 0.124. The summed E-state index contributed by atoms with van der Waals surface area (Å²) in [7, 11) is 0. The molecule has 0 bridgehead atoms. The number of benzene rings is 1. The summed E-state index contributed by atoms with van der Waals surface area (Å²) in [6, 6.07) is 5.95. The lowest BCUT2D eigenvalue weighted by atomic mass is 10.1. The van der Waals surface area contributed by atoms with Gasteiger partial charge in [0.25, 0.3) is 0 Å². The third-order valence-electron chi connectivity index (χ3n) is 3.54. The summed E-state index contributed by atoms with van der Waals surface area (Å²) in [6.45, 7) is 0.807. The van der Waals surface area contributed by atoms with Gasteiger partial charge < -0.3 is 0 Å². The summed E-state index contributed by atoms with van der Waals surface area (Å²) in [5.74, 6) is 0.354. The number of aryl methyl sites for hydroxylation is 1. The van der Waals surface area contributed by atoms with E-state index in [1.54, 1.807) is 4.57 Å². The van der Waals surface area contributed by atoms with Crippen LogP contribution in [0.3, 0.4) is 0 Å². The van der Waals surface area contributed by atoms with Crippen LogP contribution in [0.2, 0.25) is 0 Å². The second-order valence-electron chi connectivity index (χ2n) is 4.88. The maximum atomic E-state index is 13.3. The fourth-order valence-electron chi connectivity index (χ4n) is 2.52. The van der Waals surface area contributed by atoms with E-state index >= 15 is 0 Å². The average Bonchev–Trinajstić information content (AvgIpc) is 2.76. The van der Waals surface area contributed by atoms with E-state index in [1.165, 1.54) is 22.9 Å². The fourth-order valence-corrected chi connectivity index (χ4v) is 2.52. The van der Waals surface area contributed by atoms with E-state index in [0.717, 1.165) is 25.1 Å². The number of nitrogens with zero attached hydrogens (tertiary/aromatic N) is 4. The van der Waals surface area contributed by atoms with Gasteiger partial charge in [-0.1, -0.05) is 0 Å². The average molecular weight is 272 g/mol. The normalized spacial score (nSPS) is 13.8. The molecule has 3 rings (SSSR count). The highest BCUT2D eigenvalue weighted by molar-refractivity contribution is 5.37. The topological polar surface area (TPSA) is 63.6 Å². The molecule has 0 radical (unpaired) electrons. The van der Waals surface area contributed by atoms with Crippen molar-refractivity contribution in [3.05, 3.63) is 51.5 Å². The van der Waals surface area contributed by atoms with Gasteiger partial charge in [-0.2, -0.15) is 10.4 Å². The molecule has 0 spiro atoms. The van der Waals surface area contributed by atoms with E-state index in [-0.39, 0.29) is 12.2 Å². The van der Waals surface area contributed by atoms with Gasteiger partial charge in [0.2, 0.25) is 0 Å². The third kappa shape index (κ3) is 2.11. The Hall–Kier alpha value is -2.42. The molecule has 20 heavy (non-hydrogen) atoms. The first-order chi connectivity index (χ1) is 9.69. The molecular formula is C14H13FN4O. The predicted octanol–water partition coefficient (Wildman–Crippen LogP) is 1.44. The number of hydrogen-bond donors (Lipinski definition) is 0. The summed E-state index contributed by atoms with van der Waals surface area (Å²) in [4.78, 5) is 12.2. The highest BCUT2D eigenvalue weighted by Gasteiger charge is 2.17. The number of fused-ring (bicyclic) bond motifs is 1. The van der Waals surface area contributed by atoms with Crippen molar-refractivity contribution in [3.8, 4) is 6.07 Å². The summed E-state index contributed by atoms with van der Waals surface area (Å²) < 4.78 is 16.3. The molecule has 0 saturated heterocycles. The van der Waals surface area contributed by atoms with Crippen molar-refractivity contribution in [1.29, 1.82) is 5.26 Å². The molecule has 0 fully saturated rings. The van der Waals surface area contributed by atoms with Crippen molar-refractivity contribution in [1.82, 2.24) is 14.3 Å². The molecule has 0 unspecified atom stereocenters. The van der Waals surface area contributed by atoms with E-state index in [4.69, 9.17) is 5.26 Å². The van der Waals surface area contributed by atoms with Crippen LogP contribution in [0, 0.1) is 17.1 Å². The van der Waals surface area contributed by atoms with Gasteiger partial charge in [-0.05, 0) is 36.6 Å². The monoisotopic (exact) mass is 272 g/mol. The van der Waals surface area contributed by atoms with E-state index in [1.807, 2.05) is 6.07 Å². The quantitative estimate of drug-likeness (QED) is 0.831. The van der Waals surface area contributed by atoms with Gasteiger partial charge in [0.15, 0.2) is 0 Å². The van der Waals surface area contributed by atoms with Gasteiger partial charge in [0, 0.05) is 13.0 Å². The second kappa shape index (κ2) is 4.93. The lowest BCUT2D eigenvalue weighted by Gasteiger charge is -2.09. The predicted molar refractivity (Wildman–Crippen MR) is 69.6 cm³/mol. The Morgan fingerprint density at radius 2 is 2.25 bits per heavy atom. The van der Waals surface area contributed by atoms with Crippen molar-refractivity contribution in [2.75, 3.05) is 0 Å². The maximum Gasteiger partial charge on any atom is 0.346 e. The van der Waals surface area contributed by atoms with Gasteiger partial charge in [0.1, 0.15) is 11.6 Å². The zero-order chi connectivity index (χ0) is 14.1. The molecule has 1 aliphatic rings. The molecule has 0 saturated carbocycles. The molecular weight excluding hydrogens is 259 g/mol. The molecule has 1 aliphatic heterocycles. The van der Waals surface area contributed by atoms with Crippen LogP contribution in [0.5, 0.6) is 0 Å². The van der Waals surface area contributed by atoms with Crippen LogP contribution in [0.25, 0.3) is 0 Å². The standard InChI is InChI=1S/C14H13FN4O/c15-12-5-4-10(8-16)11(7-12)9-19-14(20)18-6-2-1-3-13(18)17-19/h4-5,7H,1-3,6,9H2. The highest BCUT2D eigenvalue weighted by atomic mass is 19.1. The zero-order valence-electron chi connectivity index (χ0n) is 10.8. The first-order valence-electron chi connectivity index (χ1n) is 6.54. The van der Waals surface area contributed by atoms with Crippen LogP contribution < -0.4 is 5.69 Å². The second-order valence-corrected chi connectivity index (χ2v) is 4.88. The van der Waals surface area contributed by atoms with Crippen LogP contribution >= 0.6 is 0 Å². The van der Waals surface area contributed by atoms with Crippen LogP contribution in [0.1, 0.15) is 29.8 Å². The highest BCUT2D eigenvalue weighted by Crippen LogP contribution is 2.13. The zero-order valence-corrected chi connectivity index (χ0v) is 10.8. The largest absolute Gasteiger partial charge is 0.346 e. The van der Waals surface area contributed by atoms with Crippen molar-refractivity contribution in [2.45, 2.75) is 32.4 Å². The van der Waals surface area contributed by atoms with Crippen LogP contribution in [-0.2, 0) is 19.5 Å². The number of rotatable bonds is 2. The van der Waals surface area contributed by atoms with Gasteiger partial charge in [-0.25, -0.2) is 13.9 Å². The minimum atomic E-state index is -0.420. The minimum Gasteiger partial charge on any atom is -0.279 e. The van der Waals surface area contributed by atoms with Crippen molar-refractivity contribution in [2.24, 2.45) is 0 Å². The van der Waals surface area contributed by atoms with Gasteiger partial charge in [0.05, 0.1) is 18.2 Å². The Balaban J connectivity index is 2.00. The summed E-state index contributed by atoms with van der Waals surface area (Å²) in [5, 5.41) is 13.3. The molecule has 0 amide bonds. The number of hydrogen-bond acceptors (Lipinski definition) is 3. The lowest BCUT2D eigenvalue weighted by Crippen LogP contribution is -2.27. The van der Waals surface area contributed by atoms with E-state index in [9.17, 15) is 9.18 Å². The molecule has 1 aromatic heterocycles. The molecule has 0 aliphatic carbocycles. The fraction of sp³-hybridized carbons (Fsp3) is 0.357. The Morgan fingerprint density at radius 1 is 1.40 bits per heavy atom.